The van der Waals surface area contributed by atoms with Crippen LogP contribution in [0.3, 0.4) is 0 Å². The van der Waals surface area contributed by atoms with E-state index in [1.165, 1.54) is 23.6 Å². The summed E-state index contributed by atoms with van der Waals surface area (Å²) in [4.78, 5) is 15.3. The second-order valence-electron chi connectivity index (χ2n) is 5.88. The Labute approximate surface area is 130 Å². The molecule has 1 aliphatic carbocycles. The number of benzene rings is 2. The van der Waals surface area contributed by atoms with Crippen LogP contribution in [0.15, 0.2) is 47.4 Å². The van der Waals surface area contributed by atoms with Crippen molar-refractivity contribution in [3.63, 3.8) is 0 Å². The lowest BCUT2D eigenvalue weighted by Gasteiger charge is -2.24. The number of rotatable bonds is 5. The van der Waals surface area contributed by atoms with Crippen LogP contribution < -0.4 is 0 Å². The lowest BCUT2D eigenvalue weighted by atomic mass is 10.1. The SMILES string of the molecule is CC(C1CC1)N(C)C(=O)CSc1ccc2ccccc2c1. The molecule has 1 saturated carbocycles. The van der Waals surface area contributed by atoms with Crippen molar-refractivity contribution in [2.24, 2.45) is 5.92 Å². The topological polar surface area (TPSA) is 20.3 Å². The number of hydrogen-bond donors (Lipinski definition) is 0. The van der Waals surface area contributed by atoms with E-state index in [1.54, 1.807) is 11.8 Å². The Morgan fingerprint density at radius 3 is 2.67 bits per heavy atom. The molecule has 1 atom stereocenters. The zero-order chi connectivity index (χ0) is 14.8. The monoisotopic (exact) mass is 299 g/mol. The van der Waals surface area contributed by atoms with Crippen molar-refractivity contribution in [3.8, 4) is 0 Å². The Balaban J connectivity index is 1.61. The molecule has 0 radical (unpaired) electrons. The predicted molar refractivity (Wildman–Crippen MR) is 89.6 cm³/mol. The fraction of sp³-hybridized carbons (Fsp3) is 0.389. The molecule has 0 N–H and O–H groups in total. The highest BCUT2D eigenvalue weighted by Gasteiger charge is 2.32. The highest BCUT2D eigenvalue weighted by atomic mass is 32.2. The quantitative estimate of drug-likeness (QED) is 0.772. The number of carbonyl (C=O) groups is 1. The minimum atomic E-state index is 0.229. The summed E-state index contributed by atoms with van der Waals surface area (Å²) in [6.07, 6.45) is 2.55. The van der Waals surface area contributed by atoms with Gasteiger partial charge < -0.3 is 4.90 Å². The van der Waals surface area contributed by atoms with Crippen molar-refractivity contribution >= 4 is 28.4 Å². The maximum Gasteiger partial charge on any atom is 0.232 e. The maximum atomic E-state index is 12.3. The van der Waals surface area contributed by atoms with E-state index in [2.05, 4.69) is 37.3 Å². The minimum absolute atomic E-state index is 0.229. The molecule has 1 unspecified atom stereocenters. The third kappa shape index (κ3) is 3.41. The van der Waals surface area contributed by atoms with E-state index in [9.17, 15) is 4.79 Å². The van der Waals surface area contributed by atoms with Gasteiger partial charge in [0.25, 0.3) is 0 Å². The fourth-order valence-corrected chi connectivity index (χ4v) is 3.49. The van der Waals surface area contributed by atoms with Crippen molar-refractivity contribution in [3.05, 3.63) is 42.5 Å². The van der Waals surface area contributed by atoms with Gasteiger partial charge in [0.15, 0.2) is 0 Å². The first-order chi connectivity index (χ1) is 10.1. The van der Waals surface area contributed by atoms with E-state index in [-0.39, 0.29) is 5.91 Å². The lowest BCUT2D eigenvalue weighted by molar-refractivity contribution is -0.129. The number of thioether (sulfide) groups is 1. The zero-order valence-corrected chi connectivity index (χ0v) is 13.4. The summed E-state index contributed by atoms with van der Waals surface area (Å²) in [6.45, 7) is 2.16. The van der Waals surface area contributed by atoms with Gasteiger partial charge in [-0.3, -0.25) is 4.79 Å². The average Bonchev–Trinajstić information content (AvgIpc) is 3.35. The Bertz CT molecular complexity index is 650. The van der Waals surface area contributed by atoms with Gasteiger partial charge in [0.2, 0.25) is 5.91 Å². The first-order valence-corrected chi connectivity index (χ1v) is 8.51. The van der Waals surface area contributed by atoms with Crippen LogP contribution in [0, 0.1) is 5.92 Å². The van der Waals surface area contributed by atoms with E-state index in [0.29, 0.717) is 11.8 Å². The zero-order valence-electron chi connectivity index (χ0n) is 12.6. The van der Waals surface area contributed by atoms with Gasteiger partial charge in [0.05, 0.1) is 5.75 Å². The van der Waals surface area contributed by atoms with Crippen LogP contribution in [0.5, 0.6) is 0 Å². The van der Waals surface area contributed by atoms with Crippen LogP contribution in [-0.4, -0.2) is 29.6 Å². The second kappa shape index (κ2) is 6.10. The summed E-state index contributed by atoms with van der Waals surface area (Å²) in [5, 5.41) is 2.47. The van der Waals surface area contributed by atoms with E-state index in [4.69, 9.17) is 0 Å². The molecule has 0 aromatic heterocycles. The maximum absolute atomic E-state index is 12.3. The largest absolute Gasteiger partial charge is 0.342 e. The summed E-state index contributed by atoms with van der Waals surface area (Å²) < 4.78 is 0. The predicted octanol–water partition coefficient (Wildman–Crippen LogP) is 4.19. The molecule has 0 spiro atoms. The minimum Gasteiger partial charge on any atom is -0.342 e. The average molecular weight is 299 g/mol. The van der Waals surface area contributed by atoms with E-state index in [0.717, 1.165) is 10.8 Å². The number of fused-ring (bicyclic) bond motifs is 1. The molecule has 0 heterocycles. The summed E-state index contributed by atoms with van der Waals surface area (Å²) in [7, 11) is 1.94. The standard InChI is InChI=1S/C18H21NOS/c1-13(14-7-8-14)19(2)18(20)12-21-17-10-9-15-5-3-4-6-16(15)11-17/h3-6,9-11,13-14H,7-8,12H2,1-2H3. The summed E-state index contributed by atoms with van der Waals surface area (Å²) in [5.41, 5.74) is 0. The van der Waals surface area contributed by atoms with Gasteiger partial charge in [-0.05, 0) is 48.6 Å². The van der Waals surface area contributed by atoms with Crippen LogP contribution in [0.1, 0.15) is 19.8 Å². The summed E-state index contributed by atoms with van der Waals surface area (Å²) >= 11 is 1.63. The van der Waals surface area contributed by atoms with Gasteiger partial charge in [-0.1, -0.05) is 30.3 Å². The van der Waals surface area contributed by atoms with Crippen molar-refractivity contribution in [2.45, 2.75) is 30.7 Å². The second-order valence-corrected chi connectivity index (χ2v) is 6.93. The molecule has 21 heavy (non-hydrogen) atoms. The Kier molecular flexibility index (Phi) is 4.20. The Morgan fingerprint density at radius 1 is 1.24 bits per heavy atom. The Morgan fingerprint density at radius 2 is 1.95 bits per heavy atom. The number of nitrogens with zero attached hydrogens (tertiary/aromatic N) is 1. The van der Waals surface area contributed by atoms with E-state index < -0.39 is 0 Å². The number of carbonyl (C=O) groups excluding carboxylic acids is 1. The third-order valence-electron chi connectivity index (χ3n) is 4.39. The van der Waals surface area contributed by atoms with Crippen LogP contribution in [-0.2, 0) is 4.79 Å². The van der Waals surface area contributed by atoms with Crippen LogP contribution >= 0.6 is 11.8 Å². The first kappa shape index (κ1) is 14.5. The summed E-state index contributed by atoms with van der Waals surface area (Å²) in [5.74, 6) is 1.48. The van der Waals surface area contributed by atoms with Gasteiger partial charge in [-0.15, -0.1) is 11.8 Å². The molecule has 0 aliphatic heterocycles. The third-order valence-corrected chi connectivity index (χ3v) is 5.37. The van der Waals surface area contributed by atoms with E-state index >= 15 is 0 Å². The van der Waals surface area contributed by atoms with Crippen LogP contribution in [0.25, 0.3) is 10.8 Å². The molecule has 2 aromatic rings. The van der Waals surface area contributed by atoms with Crippen molar-refractivity contribution in [1.82, 2.24) is 4.90 Å². The molecule has 110 valence electrons. The van der Waals surface area contributed by atoms with Gasteiger partial charge in [-0.2, -0.15) is 0 Å². The van der Waals surface area contributed by atoms with Gasteiger partial charge >= 0.3 is 0 Å². The highest BCUT2D eigenvalue weighted by Crippen LogP contribution is 2.35. The van der Waals surface area contributed by atoms with Crippen molar-refractivity contribution in [2.75, 3.05) is 12.8 Å². The number of hydrogen-bond acceptors (Lipinski definition) is 2. The lowest BCUT2D eigenvalue weighted by Crippen LogP contribution is -2.37. The molecule has 2 aromatic carbocycles. The molecule has 1 fully saturated rings. The fourth-order valence-electron chi connectivity index (χ4n) is 2.63. The van der Waals surface area contributed by atoms with Gasteiger partial charge in [0, 0.05) is 18.0 Å². The summed E-state index contributed by atoms with van der Waals surface area (Å²) in [6, 6.07) is 15.1. The molecule has 1 amide bonds. The molecule has 3 rings (SSSR count). The van der Waals surface area contributed by atoms with E-state index in [1.807, 2.05) is 24.1 Å². The molecule has 1 aliphatic rings. The molecule has 3 heteroatoms. The normalized spacial score (nSPS) is 15.9. The Hall–Kier alpha value is -1.48. The molecule has 0 saturated heterocycles. The highest BCUT2D eigenvalue weighted by molar-refractivity contribution is 8.00. The molecule has 0 bridgehead atoms. The molecule has 2 nitrogen and oxygen atoms in total. The first-order valence-electron chi connectivity index (χ1n) is 7.52. The van der Waals surface area contributed by atoms with Gasteiger partial charge in [-0.25, -0.2) is 0 Å². The van der Waals surface area contributed by atoms with Crippen molar-refractivity contribution in [1.29, 1.82) is 0 Å². The van der Waals surface area contributed by atoms with Crippen LogP contribution in [0.2, 0.25) is 0 Å². The smallest absolute Gasteiger partial charge is 0.232 e. The molecular formula is C18H21NOS. The number of amides is 1. The van der Waals surface area contributed by atoms with Gasteiger partial charge in [0.1, 0.15) is 0 Å². The molecular weight excluding hydrogens is 278 g/mol. The van der Waals surface area contributed by atoms with Crippen LogP contribution in [0.4, 0.5) is 0 Å². The van der Waals surface area contributed by atoms with Crippen molar-refractivity contribution < 1.29 is 4.79 Å².